The van der Waals surface area contributed by atoms with E-state index in [-0.39, 0.29) is 24.8 Å². The van der Waals surface area contributed by atoms with Crippen LogP contribution in [-0.4, -0.2) is 41.9 Å². The van der Waals surface area contributed by atoms with E-state index in [4.69, 9.17) is 18.6 Å². The standard InChI is InChI=1S/C40H80BO4S2/c1-7-11-15-19-27-37-39(29-21-17-13-9-3,33-35(5)25-23-31-46)44-41(42-37)43-38(28-20-16-12-8-2)40(45-41,30-22-18-14-10-4)34-36(6)26-24-32-47/h35-38,46-47H,7-34H2,1-6H3/q-1/p+1. The fourth-order valence-electron chi connectivity index (χ4n) is 8.69. The number of hydrogen-bond donors (Lipinski definition) is 2. The molecule has 2 aliphatic heterocycles. The molecule has 0 bridgehead atoms. The van der Waals surface area contributed by atoms with Crippen LogP contribution in [0.1, 0.15) is 210 Å². The van der Waals surface area contributed by atoms with Crippen LogP contribution in [0.25, 0.3) is 0 Å². The summed E-state index contributed by atoms with van der Waals surface area (Å²) in [5.41, 5.74) is -0.697. The molecule has 0 radical (unpaired) electrons. The summed E-state index contributed by atoms with van der Waals surface area (Å²) >= 11 is 9.11. The lowest BCUT2D eigenvalue weighted by molar-refractivity contribution is -0.0269. The molecule has 0 aromatic rings. The van der Waals surface area contributed by atoms with E-state index in [1.165, 1.54) is 116 Å². The van der Waals surface area contributed by atoms with Crippen molar-refractivity contribution in [1.29, 1.82) is 0 Å². The molecule has 6 atom stereocenters. The Hall–Kier alpha value is 0.605. The first-order valence-corrected chi connectivity index (χ1v) is 22.1. The molecule has 280 valence electrons. The van der Waals surface area contributed by atoms with Gasteiger partial charge in [0.1, 0.15) is 0 Å². The molecule has 0 amide bonds. The molecule has 2 heterocycles. The third-order valence-electron chi connectivity index (χ3n) is 11.2. The molecule has 0 aromatic heterocycles. The average Bonchev–Trinajstić information content (AvgIpc) is 3.50. The Labute approximate surface area is 306 Å². The van der Waals surface area contributed by atoms with Crippen molar-refractivity contribution in [2.45, 2.75) is 232 Å². The summed E-state index contributed by atoms with van der Waals surface area (Å²) in [5.74, 6) is 2.98. The number of rotatable bonds is 30. The predicted octanol–water partition coefficient (Wildman–Crippen LogP) is 13.2. The maximum absolute atomic E-state index is 7.47. The highest BCUT2D eigenvalue weighted by atomic mass is 32.1. The molecule has 7 heteroatoms. The van der Waals surface area contributed by atoms with E-state index in [2.05, 4.69) is 66.8 Å². The van der Waals surface area contributed by atoms with Crippen molar-refractivity contribution in [2.24, 2.45) is 11.8 Å². The van der Waals surface area contributed by atoms with Crippen LogP contribution >= 0.6 is 25.3 Å². The van der Waals surface area contributed by atoms with Gasteiger partial charge >= 0.3 is 8.38 Å². The molecule has 2 rings (SSSR count). The summed E-state index contributed by atoms with van der Waals surface area (Å²) in [7, 11) is 0. The highest BCUT2D eigenvalue weighted by molar-refractivity contribution is 7.80. The number of hydrogen-bond acceptors (Lipinski definition) is 6. The lowest BCUT2D eigenvalue weighted by Gasteiger charge is -2.42. The van der Waals surface area contributed by atoms with Crippen molar-refractivity contribution < 1.29 is 20.0 Å². The van der Waals surface area contributed by atoms with Gasteiger partial charge in [-0.3, -0.25) is 0 Å². The topological polar surface area (TPSA) is 36.9 Å². The molecule has 2 aliphatic rings. The highest BCUT2D eigenvalue weighted by Gasteiger charge is 2.62. The Morgan fingerprint density at radius 3 is 1.23 bits per heavy atom. The summed E-state index contributed by atoms with van der Waals surface area (Å²) in [4.78, 5) is 0. The zero-order valence-corrected chi connectivity index (χ0v) is 34.0. The van der Waals surface area contributed by atoms with E-state index < -0.39 is 6.96 Å². The summed E-state index contributed by atoms with van der Waals surface area (Å²) in [6, 6.07) is 0. The fraction of sp³-hybridized carbons (Fsp3) is 1.00. The molecule has 1 spiro atoms. The van der Waals surface area contributed by atoms with Crippen LogP contribution in [0.15, 0.2) is 0 Å². The van der Waals surface area contributed by atoms with Crippen molar-refractivity contribution in [3.05, 3.63) is 0 Å². The van der Waals surface area contributed by atoms with Gasteiger partial charge in [0.25, 0.3) is 0 Å². The van der Waals surface area contributed by atoms with Crippen molar-refractivity contribution in [1.82, 2.24) is 0 Å². The van der Waals surface area contributed by atoms with Gasteiger partial charge in [0.15, 0.2) is 0 Å². The van der Waals surface area contributed by atoms with Gasteiger partial charge in [-0.25, -0.2) is 0 Å². The van der Waals surface area contributed by atoms with Gasteiger partial charge in [-0.1, -0.05) is 144 Å². The van der Waals surface area contributed by atoms with E-state index in [0.29, 0.717) is 11.8 Å². The molecule has 0 saturated carbocycles. The van der Waals surface area contributed by atoms with Gasteiger partial charge < -0.3 is 18.6 Å². The van der Waals surface area contributed by atoms with Gasteiger partial charge in [0.2, 0.25) is 0 Å². The second-order valence-corrected chi connectivity index (χ2v) is 16.8. The van der Waals surface area contributed by atoms with E-state index in [9.17, 15) is 0 Å². The molecule has 0 N–H and O–H groups in total. The highest BCUT2D eigenvalue weighted by Crippen LogP contribution is 2.53. The smallest absolute Gasteiger partial charge is 0.514 e. The first kappa shape index (κ1) is 43.8. The monoisotopic (exact) mass is 701 g/mol. The van der Waals surface area contributed by atoms with Crippen LogP contribution in [0.5, 0.6) is 0 Å². The Bertz CT molecular complexity index is 720. The van der Waals surface area contributed by atoms with E-state index >= 15 is 0 Å². The summed E-state index contributed by atoms with van der Waals surface area (Å²) in [5, 5.41) is 0. The zero-order chi connectivity index (χ0) is 34.4. The van der Waals surface area contributed by atoms with Crippen molar-refractivity contribution >= 4 is 32.2 Å². The lowest BCUT2D eigenvalue weighted by Crippen LogP contribution is -2.47. The molecule has 6 unspecified atom stereocenters. The SMILES string of the molecule is CCCCCCC1O[B-]2(OC(CCCCCC)C(CCCCCC)(CC(C)CCCS)O2)OC1(CCCCCC)CC(C)CCCS.[H+]. The van der Waals surface area contributed by atoms with E-state index in [0.717, 1.165) is 62.9 Å². The van der Waals surface area contributed by atoms with Crippen molar-refractivity contribution in [3.63, 3.8) is 0 Å². The van der Waals surface area contributed by atoms with Gasteiger partial charge in [0.05, 0.1) is 11.2 Å². The molecular formula is C40H81BO4S2. The van der Waals surface area contributed by atoms with Crippen LogP contribution in [-0.2, 0) is 18.6 Å². The van der Waals surface area contributed by atoms with Crippen LogP contribution in [0.3, 0.4) is 0 Å². The Kier molecular flexibility index (Phi) is 23.0. The molecule has 0 aliphatic carbocycles. The molecule has 47 heavy (non-hydrogen) atoms. The normalized spacial score (nSPS) is 28.9. The molecular weight excluding hydrogens is 619 g/mol. The Morgan fingerprint density at radius 2 is 0.894 bits per heavy atom. The summed E-state index contributed by atoms with van der Waals surface area (Å²) < 4.78 is 29.4. The van der Waals surface area contributed by atoms with Gasteiger partial charge in [-0.15, -0.1) is 0 Å². The number of unbranched alkanes of at least 4 members (excludes halogenated alkanes) is 12. The van der Waals surface area contributed by atoms with Gasteiger partial charge in [0, 0.05) is 12.2 Å². The largest absolute Gasteiger partial charge is 1.00 e. The van der Waals surface area contributed by atoms with Crippen LogP contribution < -0.4 is 0 Å². The minimum absolute atomic E-state index is 0. The van der Waals surface area contributed by atoms with E-state index in [1.54, 1.807) is 0 Å². The molecule has 2 fully saturated rings. The number of thiol groups is 2. The van der Waals surface area contributed by atoms with Crippen LogP contribution in [0, 0.1) is 11.8 Å². The maximum Gasteiger partial charge on any atom is 1.00 e. The van der Waals surface area contributed by atoms with Crippen LogP contribution in [0.2, 0.25) is 0 Å². The van der Waals surface area contributed by atoms with Gasteiger partial charge in [-0.05, 0) is 87.5 Å². The van der Waals surface area contributed by atoms with Crippen LogP contribution in [0.4, 0.5) is 0 Å². The molecule has 4 nitrogen and oxygen atoms in total. The minimum atomic E-state index is -2.28. The van der Waals surface area contributed by atoms with Gasteiger partial charge in [-0.2, -0.15) is 25.3 Å². The fourth-order valence-corrected chi connectivity index (χ4v) is 9.05. The maximum atomic E-state index is 7.47. The van der Waals surface area contributed by atoms with Crippen molar-refractivity contribution in [3.8, 4) is 0 Å². The van der Waals surface area contributed by atoms with Crippen molar-refractivity contribution in [2.75, 3.05) is 11.5 Å². The molecule has 0 aromatic carbocycles. The second-order valence-electron chi connectivity index (χ2n) is 15.9. The summed E-state index contributed by atoms with van der Waals surface area (Å²) in [6.07, 6.45) is 30.7. The first-order chi connectivity index (χ1) is 22.8. The quantitative estimate of drug-likeness (QED) is 0.0444. The third-order valence-corrected chi connectivity index (χ3v) is 11.9. The first-order valence-electron chi connectivity index (χ1n) is 20.9. The second kappa shape index (κ2) is 24.7. The minimum Gasteiger partial charge on any atom is -0.514 e. The zero-order valence-electron chi connectivity index (χ0n) is 33.2. The third kappa shape index (κ3) is 15.0. The average molecular weight is 701 g/mol. The predicted molar refractivity (Wildman–Crippen MR) is 213 cm³/mol. The Morgan fingerprint density at radius 1 is 0.532 bits per heavy atom. The van der Waals surface area contributed by atoms with E-state index in [1.807, 2.05) is 0 Å². The Balaban J connectivity index is 0.0000115. The summed E-state index contributed by atoms with van der Waals surface area (Å²) in [6.45, 7) is 11.8. The molecule has 2 saturated heterocycles. The lowest BCUT2D eigenvalue weighted by atomic mass is 9.79.